The molecule has 0 atom stereocenters. The third-order valence-electron chi connectivity index (χ3n) is 1.36. The average Bonchev–Trinajstić information content (AvgIpc) is 2.08. The molecule has 68 valence electrons. The summed E-state index contributed by atoms with van der Waals surface area (Å²) in [6, 6.07) is 6.30. The Bertz CT molecular complexity index is 308. The zero-order chi connectivity index (χ0) is 9.68. The van der Waals surface area contributed by atoms with Crippen molar-refractivity contribution in [1.82, 2.24) is 0 Å². The minimum Gasteiger partial charge on any atom is -0.465 e. The molecule has 0 spiro atoms. The molecule has 13 heavy (non-hydrogen) atoms. The first-order valence-corrected chi connectivity index (χ1v) is 3.52. The third kappa shape index (κ3) is 2.82. The van der Waals surface area contributed by atoms with E-state index in [1.807, 2.05) is 0 Å². The van der Waals surface area contributed by atoms with E-state index in [2.05, 4.69) is 10.6 Å². The van der Waals surface area contributed by atoms with Crippen LogP contribution in [-0.2, 0) is 4.79 Å². The van der Waals surface area contributed by atoms with Gasteiger partial charge in [-0.25, -0.2) is 4.79 Å². The van der Waals surface area contributed by atoms with E-state index in [9.17, 15) is 9.59 Å². The van der Waals surface area contributed by atoms with Gasteiger partial charge in [0.15, 0.2) is 0 Å². The number of amides is 2. The molecule has 0 unspecified atom stereocenters. The van der Waals surface area contributed by atoms with Crippen molar-refractivity contribution in [2.24, 2.45) is 0 Å². The van der Waals surface area contributed by atoms with E-state index in [1.54, 1.807) is 24.3 Å². The zero-order valence-electron chi connectivity index (χ0n) is 6.65. The van der Waals surface area contributed by atoms with Crippen LogP contribution in [0.15, 0.2) is 24.3 Å². The number of carboxylic acid groups (broad SMARTS) is 1. The highest BCUT2D eigenvalue weighted by Gasteiger charge is 1.96. The fourth-order valence-corrected chi connectivity index (χ4v) is 0.841. The Morgan fingerprint density at radius 1 is 1.23 bits per heavy atom. The maximum atomic E-state index is 10.2. The van der Waals surface area contributed by atoms with Crippen LogP contribution >= 0.6 is 0 Å². The molecule has 0 heterocycles. The molecule has 3 N–H and O–H groups in total. The lowest BCUT2D eigenvalue weighted by atomic mass is 10.3. The summed E-state index contributed by atoms with van der Waals surface area (Å²) in [6.45, 7) is 0. The van der Waals surface area contributed by atoms with E-state index in [0.29, 0.717) is 17.8 Å². The molecule has 1 rings (SSSR count). The van der Waals surface area contributed by atoms with Crippen molar-refractivity contribution in [3.63, 3.8) is 0 Å². The summed E-state index contributed by atoms with van der Waals surface area (Å²) in [5.74, 6) is 0. The molecule has 0 aliphatic rings. The van der Waals surface area contributed by atoms with Gasteiger partial charge in [-0.1, -0.05) is 0 Å². The van der Waals surface area contributed by atoms with Crippen molar-refractivity contribution in [3.8, 4) is 0 Å². The van der Waals surface area contributed by atoms with Crippen LogP contribution in [0.4, 0.5) is 16.2 Å². The summed E-state index contributed by atoms with van der Waals surface area (Å²) in [6.07, 6.45) is -0.560. The van der Waals surface area contributed by atoms with Gasteiger partial charge in [0.25, 0.3) is 0 Å². The van der Waals surface area contributed by atoms with E-state index in [0.717, 1.165) is 0 Å². The van der Waals surface area contributed by atoms with Gasteiger partial charge in [0.1, 0.15) is 0 Å². The van der Waals surface area contributed by atoms with Crippen molar-refractivity contribution >= 4 is 23.9 Å². The lowest BCUT2D eigenvalue weighted by molar-refractivity contribution is -0.105. The van der Waals surface area contributed by atoms with Gasteiger partial charge >= 0.3 is 6.09 Å². The van der Waals surface area contributed by atoms with Crippen LogP contribution in [0.2, 0.25) is 0 Å². The van der Waals surface area contributed by atoms with E-state index in [4.69, 9.17) is 5.11 Å². The highest BCUT2D eigenvalue weighted by molar-refractivity contribution is 5.83. The Morgan fingerprint density at radius 2 is 1.77 bits per heavy atom. The Hall–Kier alpha value is -2.04. The van der Waals surface area contributed by atoms with Crippen LogP contribution in [0, 0.1) is 0 Å². The first-order valence-electron chi connectivity index (χ1n) is 3.52. The van der Waals surface area contributed by atoms with Gasteiger partial charge < -0.3 is 10.4 Å². The topological polar surface area (TPSA) is 78.4 Å². The summed E-state index contributed by atoms with van der Waals surface area (Å²) < 4.78 is 0. The van der Waals surface area contributed by atoms with Crippen molar-refractivity contribution in [1.29, 1.82) is 0 Å². The van der Waals surface area contributed by atoms with Gasteiger partial charge in [0.2, 0.25) is 6.41 Å². The van der Waals surface area contributed by atoms with Crippen molar-refractivity contribution in [2.75, 3.05) is 10.6 Å². The molecular formula is C8H8N2O3. The fourth-order valence-electron chi connectivity index (χ4n) is 0.841. The molecule has 0 radical (unpaired) electrons. The highest BCUT2D eigenvalue weighted by Crippen LogP contribution is 2.12. The number of hydrogen-bond acceptors (Lipinski definition) is 2. The predicted molar refractivity (Wildman–Crippen MR) is 47.8 cm³/mol. The normalized spacial score (nSPS) is 8.92. The molecule has 0 fully saturated rings. The van der Waals surface area contributed by atoms with E-state index >= 15 is 0 Å². The number of hydrogen-bond donors (Lipinski definition) is 3. The maximum Gasteiger partial charge on any atom is 0.409 e. The van der Waals surface area contributed by atoms with Gasteiger partial charge in [0.05, 0.1) is 0 Å². The number of rotatable bonds is 3. The molecule has 0 aromatic heterocycles. The second kappa shape index (κ2) is 4.10. The molecule has 0 aliphatic heterocycles. The lowest BCUT2D eigenvalue weighted by Crippen LogP contribution is -2.06. The van der Waals surface area contributed by atoms with Crippen molar-refractivity contribution in [2.45, 2.75) is 0 Å². The van der Waals surface area contributed by atoms with E-state index in [-0.39, 0.29) is 0 Å². The van der Waals surface area contributed by atoms with Gasteiger partial charge in [-0.15, -0.1) is 0 Å². The van der Waals surface area contributed by atoms with Crippen LogP contribution < -0.4 is 10.6 Å². The van der Waals surface area contributed by atoms with Gasteiger partial charge in [-0.3, -0.25) is 10.1 Å². The van der Waals surface area contributed by atoms with Gasteiger partial charge in [-0.05, 0) is 24.3 Å². The van der Waals surface area contributed by atoms with Crippen LogP contribution in [0.5, 0.6) is 0 Å². The first-order chi connectivity index (χ1) is 6.22. The number of carbonyl (C=O) groups excluding carboxylic acids is 1. The Labute approximate surface area is 74.4 Å². The molecule has 0 aliphatic carbocycles. The van der Waals surface area contributed by atoms with E-state index < -0.39 is 6.09 Å². The predicted octanol–water partition coefficient (Wildman–Crippen LogP) is 1.34. The number of nitrogens with one attached hydrogen (secondary N) is 2. The average molecular weight is 180 g/mol. The number of carbonyl (C=O) groups is 2. The quantitative estimate of drug-likeness (QED) is 0.614. The summed E-state index contributed by atoms with van der Waals surface area (Å²) in [5, 5.41) is 13.0. The molecule has 1 aromatic rings. The Balaban J connectivity index is 2.69. The smallest absolute Gasteiger partial charge is 0.409 e. The van der Waals surface area contributed by atoms with Crippen LogP contribution in [0.3, 0.4) is 0 Å². The molecule has 1 aromatic carbocycles. The lowest BCUT2D eigenvalue weighted by Gasteiger charge is -2.01. The molecule has 5 heteroatoms. The minimum atomic E-state index is -1.11. The van der Waals surface area contributed by atoms with Gasteiger partial charge in [-0.2, -0.15) is 0 Å². The van der Waals surface area contributed by atoms with Crippen LogP contribution in [0.1, 0.15) is 0 Å². The second-order valence-corrected chi connectivity index (χ2v) is 2.27. The van der Waals surface area contributed by atoms with E-state index in [1.165, 1.54) is 0 Å². The number of anilines is 2. The second-order valence-electron chi connectivity index (χ2n) is 2.27. The van der Waals surface area contributed by atoms with Crippen LogP contribution in [0.25, 0.3) is 0 Å². The zero-order valence-corrected chi connectivity index (χ0v) is 6.65. The summed E-state index contributed by atoms with van der Waals surface area (Å²) >= 11 is 0. The fraction of sp³-hybridized carbons (Fsp3) is 0. The Morgan fingerprint density at radius 3 is 2.23 bits per heavy atom. The largest absolute Gasteiger partial charge is 0.465 e. The summed E-state index contributed by atoms with van der Waals surface area (Å²) in [5.41, 5.74) is 1.08. The molecule has 2 amide bonds. The van der Waals surface area contributed by atoms with Crippen molar-refractivity contribution < 1.29 is 14.7 Å². The van der Waals surface area contributed by atoms with Gasteiger partial charge in [0, 0.05) is 11.4 Å². The maximum absolute atomic E-state index is 10.2. The first kappa shape index (κ1) is 9.05. The Kier molecular flexibility index (Phi) is 2.86. The monoisotopic (exact) mass is 180 g/mol. The molecule has 0 saturated carbocycles. The third-order valence-corrected chi connectivity index (χ3v) is 1.36. The minimum absolute atomic E-state index is 0.462. The summed E-state index contributed by atoms with van der Waals surface area (Å²) in [7, 11) is 0. The SMILES string of the molecule is O=CNc1ccc(NC(=O)O)cc1. The molecule has 5 nitrogen and oxygen atoms in total. The number of benzene rings is 1. The molecule has 0 bridgehead atoms. The highest BCUT2D eigenvalue weighted by atomic mass is 16.4. The van der Waals surface area contributed by atoms with Crippen LogP contribution in [-0.4, -0.2) is 17.6 Å². The standard InChI is InChI=1S/C8H8N2O3/c11-5-9-6-1-3-7(4-2-6)10-8(12)13/h1-5,10H,(H,9,11)(H,12,13). The molecular weight excluding hydrogens is 172 g/mol. The summed E-state index contributed by atoms with van der Waals surface area (Å²) in [4.78, 5) is 20.2. The van der Waals surface area contributed by atoms with Crippen molar-refractivity contribution in [3.05, 3.63) is 24.3 Å². The molecule has 0 saturated heterocycles.